The minimum Gasteiger partial charge on any atom is -0.444 e. The fourth-order valence-electron chi connectivity index (χ4n) is 2.14. The molecule has 0 bridgehead atoms. The zero-order chi connectivity index (χ0) is 14.7. The first-order valence-electron chi connectivity index (χ1n) is 6.66. The van der Waals surface area contributed by atoms with Crippen molar-refractivity contribution in [1.29, 1.82) is 0 Å². The number of furan rings is 1. The van der Waals surface area contributed by atoms with Crippen LogP contribution in [0.2, 0.25) is 0 Å². The molecule has 21 heavy (non-hydrogen) atoms. The number of hydrogen-bond donors (Lipinski definition) is 1. The number of aromatic nitrogens is 2. The number of rotatable bonds is 4. The second-order valence-corrected chi connectivity index (χ2v) is 5.50. The maximum Gasteiger partial charge on any atom is 0.287 e. The van der Waals surface area contributed by atoms with Gasteiger partial charge in [0.15, 0.2) is 16.3 Å². The summed E-state index contributed by atoms with van der Waals surface area (Å²) in [6, 6.07) is 3.24. The monoisotopic (exact) mass is 355 g/mol. The van der Waals surface area contributed by atoms with Gasteiger partial charge in [-0.25, -0.2) is 0 Å². The molecular weight excluding hydrogens is 342 g/mol. The average molecular weight is 356 g/mol. The highest BCUT2D eigenvalue weighted by Crippen LogP contribution is 2.24. The van der Waals surface area contributed by atoms with Crippen LogP contribution in [0.25, 0.3) is 0 Å². The standard InChI is InChI=1S/C13H14BrN3O4/c14-10-2-1-9(20-10)13(18)15-7-11-16-12(17-21-11)8-3-5-19-6-4-8/h1-2,8H,3-7H2,(H,15,18). The number of nitrogens with one attached hydrogen (secondary N) is 1. The van der Waals surface area contributed by atoms with Gasteiger partial charge >= 0.3 is 0 Å². The van der Waals surface area contributed by atoms with Gasteiger partial charge in [0.25, 0.3) is 5.91 Å². The van der Waals surface area contributed by atoms with Gasteiger partial charge in [-0.3, -0.25) is 4.79 Å². The second-order valence-electron chi connectivity index (χ2n) is 4.72. The Balaban J connectivity index is 1.56. The maximum absolute atomic E-state index is 11.8. The molecule has 1 fully saturated rings. The van der Waals surface area contributed by atoms with E-state index >= 15 is 0 Å². The Kier molecular flexibility index (Phi) is 4.35. The van der Waals surface area contributed by atoms with E-state index < -0.39 is 0 Å². The molecule has 3 rings (SSSR count). The van der Waals surface area contributed by atoms with Gasteiger partial charge in [0.05, 0.1) is 6.54 Å². The number of halogens is 1. The zero-order valence-electron chi connectivity index (χ0n) is 11.2. The van der Waals surface area contributed by atoms with E-state index in [1.807, 2.05) is 0 Å². The van der Waals surface area contributed by atoms with Gasteiger partial charge in [-0.15, -0.1) is 0 Å². The van der Waals surface area contributed by atoms with Crippen molar-refractivity contribution < 1.29 is 18.5 Å². The van der Waals surface area contributed by atoms with Gasteiger partial charge in [-0.05, 0) is 40.9 Å². The topological polar surface area (TPSA) is 90.4 Å². The first kappa shape index (κ1) is 14.3. The van der Waals surface area contributed by atoms with E-state index in [-0.39, 0.29) is 24.1 Å². The van der Waals surface area contributed by atoms with Gasteiger partial charge < -0.3 is 19.0 Å². The quantitative estimate of drug-likeness (QED) is 0.904. The summed E-state index contributed by atoms with van der Waals surface area (Å²) >= 11 is 3.15. The molecule has 0 aromatic carbocycles. The van der Waals surface area contributed by atoms with Crippen molar-refractivity contribution in [2.24, 2.45) is 0 Å². The Morgan fingerprint density at radius 2 is 2.19 bits per heavy atom. The van der Waals surface area contributed by atoms with Crippen molar-refractivity contribution in [3.8, 4) is 0 Å². The van der Waals surface area contributed by atoms with Crippen LogP contribution in [0.1, 0.15) is 41.0 Å². The second kappa shape index (κ2) is 6.40. The van der Waals surface area contributed by atoms with Crippen LogP contribution in [0.15, 0.2) is 25.7 Å². The van der Waals surface area contributed by atoms with Gasteiger partial charge in [0, 0.05) is 19.1 Å². The third kappa shape index (κ3) is 3.51. The lowest BCUT2D eigenvalue weighted by molar-refractivity contribution is 0.0830. The molecule has 1 aliphatic heterocycles. The first-order valence-corrected chi connectivity index (χ1v) is 7.45. The lowest BCUT2D eigenvalue weighted by Gasteiger charge is -2.18. The van der Waals surface area contributed by atoms with E-state index in [4.69, 9.17) is 13.7 Å². The maximum atomic E-state index is 11.8. The predicted octanol–water partition coefficient (Wildman–Crippen LogP) is 2.25. The first-order chi connectivity index (χ1) is 10.2. The molecular formula is C13H14BrN3O4. The number of ether oxygens (including phenoxy) is 1. The number of hydrogen-bond acceptors (Lipinski definition) is 6. The van der Waals surface area contributed by atoms with Gasteiger partial charge in [-0.2, -0.15) is 4.98 Å². The number of carbonyl (C=O) groups is 1. The van der Waals surface area contributed by atoms with Crippen LogP contribution in [0.3, 0.4) is 0 Å². The fourth-order valence-corrected chi connectivity index (χ4v) is 2.45. The molecule has 0 saturated carbocycles. The molecule has 0 spiro atoms. The SMILES string of the molecule is O=C(NCc1nc(C2CCOCC2)no1)c1ccc(Br)o1. The van der Waals surface area contributed by atoms with E-state index in [0.717, 1.165) is 26.1 Å². The molecule has 1 aliphatic rings. The Morgan fingerprint density at radius 3 is 2.90 bits per heavy atom. The van der Waals surface area contributed by atoms with Gasteiger partial charge in [-0.1, -0.05) is 5.16 Å². The number of nitrogens with zero attached hydrogens (tertiary/aromatic N) is 2. The Morgan fingerprint density at radius 1 is 1.38 bits per heavy atom. The Hall–Kier alpha value is -1.67. The van der Waals surface area contributed by atoms with Crippen molar-refractivity contribution >= 4 is 21.8 Å². The lowest BCUT2D eigenvalue weighted by Crippen LogP contribution is -2.22. The normalized spacial score (nSPS) is 16.0. The zero-order valence-corrected chi connectivity index (χ0v) is 12.8. The van der Waals surface area contributed by atoms with Crippen molar-refractivity contribution in [1.82, 2.24) is 15.5 Å². The molecule has 2 aromatic rings. The van der Waals surface area contributed by atoms with Crippen molar-refractivity contribution in [3.63, 3.8) is 0 Å². The van der Waals surface area contributed by atoms with E-state index in [1.54, 1.807) is 12.1 Å². The van der Waals surface area contributed by atoms with Crippen LogP contribution in [0.5, 0.6) is 0 Å². The van der Waals surface area contributed by atoms with E-state index in [9.17, 15) is 4.79 Å². The van der Waals surface area contributed by atoms with Crippen LogP contribution in [-0.2, 0) is 11.3 Å². The van der Waals surface area contributed by atoms with E-state index in [0.29, 0.717) is 16.4 Å². The molecule has 3 heterocycles. The highest BCUT2D eigenvalue weighted by molar-refractivity contribution is 9.10. The summed E-state index contributed by atoms with van der Waals surface area (Å²) in [6.07, 6.45) is 1.79. The summed E-state index contributed by atoms with van der Waals surface area (Å²) in [4.78, 5) is 16.1. The molecule has 112 valence electrons. The summed E-state index contributed by atoms with van der Waals surface area (Å²) in [5.74, 6) is 1.24. The summed E-state index contributed by atoms with van der Waals surface area (Å²) in [6.45, 7) is 1.62. The lowest BCUT2D eigenvalue weighted by atomic mass is 10.00. The van der Waals surface area contributed by atoms with Crippen LogP contribution >= 0.6 is 15.9 Å². The number of amides is 1. The minimum atomic E-state index is -0.327. The third-order valence-corrected chi connectivity index (χ3v) is 3.69. The van der Waals surface area contributed by atoms with Crippen LogP contribution in [0.4, 0.5) is 0 Å². The predicted molar refractivity (Wildman–Crippen MR) is 74.7 cm³/mol. The van der Waals surface area contributed by atoms with Crippen LogP contribution in [0, 0.1) is 0 Å². The van der Waals surface area contributed by atoms with Gasteiger partial charge in [0.1, 0.15) is 0 Å². The molecule has 7 nitrogen and oxygen atoms in total. The van der Waals surface area contributed by atoms with Crippen molar-refractivity contribution in [3.05, 3.63) is 34.3 Å². The molecule has 0 radical (unpaired) electrons. The van der Waals surface area contributed by atoms with E-state index in [2.05, 4.69) is 31.4 Å². The molecule has 8 heteroatoms. The smallest absolute Gasteiger partial charge is 0.287 e. The molecule has 1 amide bonds. The highest BCUT2D eigenvalue weighted by atomic mass is 79.9. The highest BCUT2D eigenvalue weighted by Gasteiger charge is 2.21. The average Bonchev–Trinajstić information content (AvgIpc) is 3.15. The molecule has 0 atom stereocenters. The summed E-state index contributed by atoms with van der Waals surface area (Å²) in [5.41, 5.74) is 0. The molecule has 2 aromatic heterocycles. The molecule has 0 unspecified atom stereocenters. The Labute approximate surface area is 129 Å². The van der Waals surface area contributed by atoms with E-state index in [1.165, 1.54) is 0 Å². The largest absolute Gasteiger partial charge is 0.444 e. The van der Waals surface area contributed by atoms with Crippen LogP contribution in [-0.4, -0.2) is 29.3 Å². The van der Waals surface area contributed by atoms with Crippen molar-refractivity contribution in [2.75, 3.05) is 13.2 Å². The van der Waals surface area contributed by atoms with Crippen LogP contribution < -0.4 is 5.32 Å². The summed E-state index contributed by atoms with van der Waals surface area (Å²) < 4.78 is 16.1. The Bertz CT molecular complexity index is 618. The summed E-state index contributed by atoms with van der Waals surface area (Å²) in [7, 11) is 0. The minimum absolute atomic E-state index is 0.174. The van der Waals surface area contributed by atoms with Gasteiger partial charge in [0.2, 0.25) is 5.89 Å². The van der Waals surface area contributed by atoms with Crippen molar-refractivity contribution in [2.45, 2.75) is 25.3 Å². The number of carbonyl (C=O) groups excluding carboxylic acids is 1. The molecule has 1 N–H and O–H groups in total. The molecule has 1 saturated heterocycles. The fraction of sp³-hybridized carbons (Fsp3) is 0.462. The summed E-state index contributed by atoms with van der Waals surface area (Å²) in [5, 5.41) is 6.64. The molecule has 0 aliphatic carbocycles. The third-order valence-electron chi connectivity index (χ3n) is 3.27.